The van der Waals surface area contributed by atoms with E-state index in [-0.39, 0.29) is 0 Å². The first-order valence-electron chi connectivity index (χ1n) is 6.19. The van der Waals surface area contributed by atoms with Gasteiger partial charge in [0.1, 0.15) is 0 Å². The van der Waals surface area contributed by atoms with Crippen LogP contribution in [-0.4, -0.2) is 40.9 Å². The van der Waals surface area contributed by atoms with E-state index in [9.17, 15) is 0 Å². The van der Waals surface area contributed by atoms with Crippen molar-refractivity contribution in [3.63, 3.8) is 0 Å². The van der Waals surface area contributed by atoms with Crippen LogP contribution in [0.3, 0.4) is 0 Å². The number of amidine groups is 1. The Morgan fingerprint density at radius 1 is 1.38 bits per heavy atom. The molecule has 0 bridgehead atoms. The third-order valence-electron chi connectivity index (χ3n) is 3.10. The van der Waals surface area contributed by atoms with Gasteiger partial charge in [0.05, 0.1) is 5.84 Å². The highest BCUT2D eigenvalue weighted by Gasteiger charge is 2.23. The Labute approximate surface area is 104 Å². The van der Waals surface area contributed by atoms with Crippen molar-refractivity contribution in [3.8, 4) is 0 Å². The molecule has 0 aromatic carbocycles. The van der Waals surface area contributed by atoms with Gasteiger partial charge < -0.3 is 10.6 Å². The van der Waals surface area contributed by atoms with E-state index >= 15 is 0 Å². The molecule has 3 N–H and O–H groups in total. The Morgan fingerprint density at radius 3 is 2.81 bits per heavy atom. The van der Waals surface area contributed by atoms with Gasteiger partial charge in [-0.1, -0.05) is 13.8 Å². The monoisotopic (exact) mass is 243 g/mol. The Morgan fingerprint density at radius 2 is 2.12 bits per heavy atom. The fourth-order valence-electron chi connectivity index (χ4n) is 1.94. The van der Waals surface area contributed by atoms with Crippen LogP contribution in [0.5, 0.6) is 0 Å². The number of hydrogen-bond donors (Lipinski definition) is 2. The van der Waals surface area contributed by atoms with Gasteiger partial charge in [0.25, 0.3) is 0 Å². The zero-order valence-corrected chi connectivity index (χ0v) is 11.4. The lowest BCUT2D eigenvalue weighted by Crippen LogP contribution is -2.28. The van der Waals surface area contributed by atoms with Crippen LogP contribution in [0, 0.1) is 5.41 Å². The number of unbranched alkanes of at least 4 members (excludes halogenated alkanes) is 1. The summed E-state index contributed by atoms with van der Waals surface area (Å²) >= 11 is 2.09. The van der Waals surface area contributed by atoms with Gasteiger partial charge in [-0.2, -0.15) is 11.8 Å². The van der Waals surface area contributed by atoms with Crippen LogP contribution in [-0.2, 0) is 0 Å². The topological polar surface area (TPSA) is 53.1 Å². The standard InChI is InChI=1S/C12H25N3S/c1-12(2)6-8-15(9-10-16-12)7-4-3-5-11(13)14/h3-10H2,1-2H3,(H3,13,14). The van der Waals surface area contributed by atoms with Crippen LogP contribution < -0.4 is 5.73 Å². The fraction of sp³-hybridized carbons (Fsp3) is 0.917. The normalized spacial score (nSPS) is 21.6. The van der Waals surface area contributed by atoms with E-state index < -0.39 is 0 Å². The molecule has 0 saturated carbocycles. The van der Waals surface area contributed by atoms with Gasteiger partial charge in [0.15, 0.2) is 0 Å². The summed E-state index contributed by atoms with van der Waals surface area (Å²) in [6.07, 6.45) is 4.27. The summed E-state index contributed by atoms with van der Waals surface area (Å²) in [6.45, 7) is 8.30. The van der Waals surface area contributed by atoms with E-state index in [1.165, 1.54) is 38.2 Å². The molecule has 1 saturated heterocycles. The summed E-state index contributed by atoms with van der Waals surface area (Å²) in [4.78, 5) is 2.56. The Hall–Kier alpha value is -0.220. The van der Waals surface area contributed by atoms with E-state index in [4.69, 9.17) is 11.1 Å². The van der Waals surface area contributed by atoms with Crippen molar-refractivity contribution in [1.29, 1.82) is 5.41 Å². The highest BCUT2D eigenvalue weighted by Crippen LogP contribution is 2.30. The molecule has 0 aromatic heterocycles. The minimum absolute atomic E-state index is 0.326. The molecule has 0 amide bonds. The zero-order chi connectivity index (χ0) is 12.0. The maximum atomic E-state index is 7.17. The Kier molecular flexibility index (Phi) is 5.62. The summed E-state index contributed by atoms with van der Waals surface area (Å²) in [5.74, 6) is 1.58. The summed E-state index contributed by atoms with van der Waals surface area (Å²) in [5.41, 5.74) is 5.34. The lowest BCUT2D eigenvalue weighted by atomic mass is 10.1. The van der Waals surface area contributed by atoms with E-state index in [0.717, 1.165) is 12.8 Å². The molecule has 94 valence electrons. The predicted molar refractivity (Wildman–Crippen MR) is 73.4 cm³/mol. The van der Waals surface area contributed by atoms with Crippen LogP contribution in [0.4, 0.5) is 0 Å². The first-order valence-corrected chi connectivity index (χ1v) is 7.17. The number of nitrogens with zero attached hydrogens (tertiary/aromatic N) is 1. The molecule has 1 aliphatic rings. The molecule has 0 radical (unpaired) electrons. The number of hydrogen-bond acceptors (Lipinski definition) is 3. The molecule has 16 heavy (non-hydrogen) atoms. The molecule has 0 spiro atoms. The molecule has 3 nitrogen and oxygen atoms in total. The van der Waals surface area contributed by atoms with Gasteiger partial charge in [-0.15, -0.1) is 0 Å². The number of nitrogens with one attached hydrogen (secondary N) is 1. The second-order valence-electron chi connectivity index (χ2n) is 5.18. The minimum Gasteiger partial charge on any atom is -0.388 e. The van der Waals surface area contributed by atoms with Crippen molar-refractivity contribution >= 4 is 17.6 Å². The van der Waals surface area contributed by atoms with Crippen molar-refractivity contribution in [3.05, 3.63) is 0 Å². The first kappa shape index (κ1) is 13.8. The molecule has 1 aliphatic heterocycles. The molecular weight excluding hydrogens is 218 g/mol. The van der Waals surface area contributed by atoms with Crippen LogP contribution >= 0.6 is 11.8 Å². The first-order chi connectivity index (χ1) is 7.49. The fourth-order valence-corrected chi connectivity index (χ4v) is 3.07. The number of rotatable bonds is 5. The van der Waals surface area contributed by atoms with Gasteiger partial charge in [0.2, 0.25) is 0 Å². The van der Waals surface area contributed by atoms with Gasteiger partial charge in [-0.05, 0) is 32.4 Å². The van der Waals surface area contributed by atoms with Crippen LogP contribution in [0.2, 0.25) is 0 Å². The minimum atomic E-state index is 0.326. The van der Waals surface area contributed by atoms with E-state index in [1.807, 2.05) is 0 Å². The second kappa shape index (κ2) is 6.50. The summed E-state index contributed by atoms with van der Waals surface area (Å²) < 4.78 is 0.453. The third-order valence-corrected chi connectivity index (χ3v) is 4.47. The molecule has 1 rings (SSSR count). The van der Waals surface area contributed by atoms with Gasteiger partial charge in [-0.3, -0.25) is 5.41 Å². The maximum absolute atomic E-state index is 7.17. The van der Waals surface area contributed by atoms with E-state index in [1.54, 1.807) is 0 Å². The molecule has 0 aliphatic carbocycles. The summed E-state index contributed by atoms with van der Waals surface area (Å²) in [5, 5.41) is 7.17. The lowest BCUT2D eigenvalue weighted by Gasteiger charge is -2.22. The highest BCUT2D eigenvalue weighted by molar-refractivity contribution is 8.00. The Bertz CT molecular complexity index is 228. The largest absolute Gasteiger partial charge is 0.388 e. The molecule has 0 unspecified atom stereocenters. The third kappa shape index (κ3) is 5.75. The van der Waals surface area contributed by atoms with Crippen LogP contribution in [0.1, 0.15) is 39.5 Å². The Balaban J connectivity index is 2.15. The molecule has 1 fully saturated rings. The van der Waals surface area contributed by atoms with Crippen molar-refractivity contribution in [2.75, 3.05) is 25.4 Å². The maximum Gasteiger partial charge on any atom is 0.0905 e. The summed E-state index contributed by atoms with van der Waals surface area (Å²) in [7, 11) is 0. The van der Waals surface area contributed by atoms with E-state index in [2.05, 4.69) is 30.5 Å². The molecule has 0 aromatic rings. The summed E-state index contributed by atoms with van der Waals surface area (Å²) in [6, 6.07) is 0. The number of nitrogens with two attached hydrogens (primary N) is 1. The molecule has 1 heterocycles. The average Bonchev–Trinajstić information content (AvgIpc) is 2.34. The van der Waals surface area contributed by atoms with E-state index in [0.29, 0.717) is 10.6 Å². The van der Waals surface area contributed by atoms with Crippen LogP contribution in [0.25, 0.3) is 0 Å². The smallest absolute Gasteiger partial charge is 0.0905 e. The predicted octanol–water partition coefficient (Wildman–Crippen LogP) is 2.31. The van der Waals surface area contributed by atoms with Crippen molar-refractivity contribution in [1.82, 2.24) is 4.90 Å². The van der Waals surface area contributed by atoms with Gasteiger partial charge in [-0.25, -0.2) is 0 Å². The quantitative estimate of drug-likeness (QED) is 0.442. The van der Waals surface area contributed by atoms with Crippen molar-refractivity contribution < 1.29 is 0 Å². The molecule has 0 atom stereocenters. The van der Waals surface area contributed by atoms with Gasteiger partial charge >= 0.3 is 0 Å². The average molecular weight is 243 g/mol. The zero-order valence-electron chi connectivity index (χ0n) is 10.6. The van der Waals surface area contributed by atoms with Gasteiger partial charge in [0, 0.05) is 23.5 Å². The van der Waals surface area contributed by atoms with Crippen molar-refractivity contribution in [2.45, 2.75) is 44.3 Å². The molecule has 4 heteroatoms. The number of thioether (sulfide) groups is 1. The van der Waals surface area contributed by atoms with Crippen LogP contribution in [0.15, 0.2) is 0 Å². The highest BCUT2D eigenvalue weighted by atomic mass is 32.2. The lowest BCUT2D eigenvalue weighted by molar-refractivity contribution is 0.279. The molecular formula is C12H25N3S. The van der Waals surface area contributed by atoms with Crippen molar-refractivity contribution in [2.24, 2.45) is 5.73 Å². The SMILES string of the molecule is CC1(C)CCN(CCCCC(=N)N)CCS1. The second-order valence-corrected chi connectivity index (χ2v) is 6.98.